The van der Waals surface area contributed by atoms with Crippen LogP contribution in [0, 0.1) is 0 Å². The van der Waals surface area contributed by atoms with Crippen molar-refractivity contribution in [3.8, 4) is 11.6 Å². The minimum absolute atomic E-state index is 0.442. The Kier molecular flexibility index (Phi) is 3.25. The summed E-state index contributed by atoms with van der Waals surface area (Å²) in [6, 6.07) is 0.455. The molecule has 0 aromatic carbocycles. The fourth-order valence-electron chi connectivity index (χ4n) is 1.23. The van der Waals surface area contributed by atoms with E-state index in [9.17, 15) is 0 Å². The number of aromatic nitrogens is 5. The zero-order chi connectivity index (χ0) is 11.4. The lowest BCUT2D eigenvalue weighted by Crippen LogP contribution is -2.25. The van der Waals surface area contributed by atoms with Crippen LogP contribution < -0.4 is 5.32 Å². The van der Waals surface area contributed by atoms with E-state index in [0.717, 1.165) is 6.54 Å². The molecule has 0 aliphatic heterocycles. The lowest BCUT2D eigenvalue weighted by molar-refractivity contribution is 0.374. The van der Waals surface area contributed by atoms with Crippen LogP contribution in [0.3, 0.4) is 0 Å². The molecule has 0 saturated heterocycles. The van der Waals surface area contributed by atoms with Crippen molar-refractivity contribution < 1.29 is 4.52 Å². The van der Waals surface area contributed by atoms with E-state index < -0.39 is 0 Å². The third-order valence-electron chi connectivity index (χ3n) is 1.99. The van der Waals surface area contributed by atoms with Crippen LogP contribution in [0.25, 0.3) is 11.6 Å². The summed E-state index contributed by atoms with van der Waals surface area (Å²) in [6.45, 7) is 5.00. The van der Waals surface area contributed by atoms with Gasteiger partial charge >= 0.3 is 0 Å². The molecule has 2 N–H and O–H groups in total. The van der Waals surface area contributed by atoms with Gasteiger partial charge in [-0.05, 0) is 0 Å². The highest BCUT2D eigenvalue weighted by molar-refractivity contribution is 5.39. The SMILES string of the molecule is CC(C)NCCc1nc(-c2ncn[nH]2)no1. The van der Waals surface area contributed by atoms with Gasteiger partial charge in [0.1, 0.15) is 6.33 Å². The Morgan fingerprint density at radius 3 is 3.06 bits per heavy atom. The zero-order valence-corrected chi connectivity index (χ0v) is 9.27. The molecule has 7 heteroatoms. The highest BCUT2D eigenvalue weighted by atomic mass is 16.5. The molecular formula is C9H14N6O. The van der Waals surface area contributed by atoms with Crippen LogP contribution in [0.5, 0.6) is 0 Å². The molecule has 0 saturated carbocycles. The molecule has 16 heavy (non-hydrogen) atoms. The molecule has 0 bridgehead atoms. The molecule has 2 heterocycles. The number of rotatable bonds is 5. The highest BCUT2D eigenvalue weighted by Crippen LogP contribution is 2.08. The summed E-state index contributed by atoms with van der Waals surface area (Å²) in [5, 5.41) is 13.5. The third kappa shape index (κ3) is 2.63. The minimum Gasteiger partial charge on any atom is -0.339 e. The first-order valence-corrected chi connectivity index (χ1v) is 5.17. The second-order valence-corrected chi connectivity index (χ2v) is 3.70. The molecule has 0 spiro atoms. The summed E-state index contributed by atoms with van der Waals surface area (Å²) >= 11 is 0. The summed E-state index contributed by atoms with van der Waals surface area (Å²) < 4.78 is 5.08. The third-order valence-corrected chi connectivity index (χ3v) is 1.99. The molecular weight excluding hydrogens is 208 g/mol. The maximum atomic E-state index is 5.08. The Balaban J connectivity index is 1.93. The van der Waals surface area contributed by atoms with Gasteiger partial charge in [-0.2, -0.15) is 10.1 Å². The predicted octanol–water partition coefficient (Wildman–Crippen LogP) is 0.395. The first-order chi connectivity index (χ1) is 7.75. The lowest BCUT2D eigenvalue weighted by Gasteiger charge is -2.04. The van der Waals surface area contributed by atoms with Crippen LogP contribution in [-0.4, -0.2) is 37.9 Å². The van der Waals surface area contributed by atoms with Crippen LogP contribution >= 0.6 is 0 Å². The van der Waals surface area contributed by atoms with Crippen LogP contribution in [-0.2, 0) is 6.42 Å². The van der Waals surface area contributed by atoms with Gasteiger partial charge in [0.05, 0.1) is 0 Å². The van der Waals surface area contributed by atoms with Crippen molar-refractivity contribution in [3.05, 3.63) is 12.2 Å². The van der Waals surface area contributed by atoms with Crippen LogP contribution in [0.4, 0.5) is 0 Å². The minimum atomic E-state index is 0.442. The average Bonchev–Trinajstić information content (AvgIpc) is 2.85. The Morgan fingerprint density at radius 1 is 1.50 bits per heavy atom. The normalized spacial score (nSPS) is 11.2. The van der Waals surface area contributed by atoms with Crippen molar-refractivity contribution in [1.82, 2.24) is 30.6 Å². The van der Waals surface area contributed by atoms with Gasteiger partial charge in [0, 0.05) is 19.0 Å². The zero-order valence-electron chi connectivity index (χ0n) is 9.27. The van der Waals surface area contributed by atoms with Crippen LogP contribution in [0.1, 0.15) is 19.7 Å². The number of hydrogen-bond acceptors (Lipinski definition) is 6. The fraction of sp³-hybridized carbons (Fsp3) is 0.556. The fourth-order valence-corrected chi connectivity index (χ4v) is 1.23. The highest BCUT2D eigenvalue weighted by Gasteiger charge is 2.10. The molecule has 2 aromatic heterocycles. The van der Waals surface area contributed by atoms with Gasteiger partial charge in [0.25, 0.3) is 0 Å². The topological polar surface area (TPSA) is 92.5 Å². The molecule has 0 atom stereocenters. The van der Waals surface area contributed by atoms with E-state index >= 15 is 0 Å². The maximum absolute atomic E-state index is 5.08. The van der Waals surface area contributed by atoms with Crippen LogP contribution in [0.15, 0.2) is 10.9 Å². The quantitative estimate of drug-likeness (QED) is 0.760. The van der Waals surface area contributed by atoms with E-state index in [1.807, 2.05) is 0 Å². The molecule has 0 radical (unpaired) electrons. The summed E-state index contributed by atoms with van der Waals surface area (Å²) in [4.78, 5) is 8.14. The largest absolute Gasteiger partial charge is 0.339 e. The van der Waals surface area contributed by atoms with Crippen molar-refractivity contribution in [2.24, 2.45) is 0 Å². The molecule has 0 amide bonds. The molecule has 0 aliphatic carbocycles. The van der Waals surface area contributed by atoms with Crippen molar-refractivity contribution in [2.45, 2.75) is 26.3 Å². The van der Waals surface area contributed by atoms with Crippen molar-refractivity contribution >= 4 is 0 Å². The molecule has 0 fully saturated rings. The number of aromatic amines is 1. The van der Waals surface area contributed by atoms with Gasteiger partial charge in [0.2, 0.25) is 11.7 Å². The molecule has 7 nitrogen and oxygen atoms in total. The molecule has 2 rings (SSSR count). The van der Waals surface area contributed by atoms with Crippen molar-refractivity contribution in [1.29, 1.82) is 0 Å². The summed E-state index contributed by atoms with van der Waals surface area (Å²) in [5.41, 5.74) is 0. The van der Waals surface area contributed by atoms with Gasteiger partial charge in [0.15, 0.2) is 5.82 Å². The van der Waals surface area contributed by atoms with Crippen LogP contribution in [0.2, 0.25) is 0 Å². The first-order valence-electron chi connectivity index (χ1n) is 5.17. The Hall–Kier alpha value is -1.76. The monoisotopic (exact) mass is 222 g/mol. The second kappa shape index (κ2) is 4.84. The molecule has 0 unspecified atom stereocenters. The number of nitrogens with zero attached hydrogens (tertiary/aromatic N) is 4. The van der Waals surface area contributed by atoms with E-state index in [1.54, 1.807) is 0 Å². The average molecular weight is 222 g/mol. The summed E-state index contributed by atoms with van der Waals surface area (Å²) in [7, 11) is 0. The molecule has 2 aromatic rings. The van der Waals surface area contributed by atoms with E-state index in [4.69, 9.17) is 4.52 Å². The second-order valence-electron chi connectivity index (χ2n) is 3.70. The number of hydrogen-bond donors (Lipinski definition) is 2. The van der Waals surface area contributed by atoms with Gasteiger partial charge in [-0.25, -0.2) is 4.98 Å². The standard InChI is InChI=1S/C9H14N6O/c1-6(2)10-4-3-7-13-9(15-16-7)8-11-5-12-14-8/h5-6,10H,3-4H2,1-2H3,(H,11,12,14). The smallest absolute Gasteiger partial charge is 0.239 e. The maximum Gasteiger partial charge on any atom is 0.239 e. The Bertz CT molecular complexity index is 421. The van der Waals surface area contributed by atoms with E-state index in [2.05, 4.69) is 44.5 Å². The van der Waals surface area contributed by atoms with Gasteiger partial charge in [-0.1, -0.05) is 19.0 Å². The summed E-state index contributed by atoms with van der Waals surface area (Å²) in [6.07, 6.45) is 2.12. The van der Waals surface area contributed by atoms with Gasteiger partial charge in [-0.15, -0.1) is 0 Å². The van der Waals surface area contributed by atoms with Crippen molar-refractivity contribution in [3.63, 3.8) is 0 Å². The van der Waals surface area contributed by atoms with Gasteiger partial charge in [-0.3, -0.25) is 5.10 Å². The Labute approximate surface area is 92.7 Å². The number of nitrogens with one attached hydrogen (secondary N) is 2. The first kappa shape index (κ1) is 10.7. The van der Waals surface area contributed by atoms with Crippen molar-refractivity contribution in [2.75, 3.05) is 6.54 Å². The number of H-pyrrole nitrogens is 1. The molecule has 86 valence electrons. The Morgan fingerprint density at radius 2 is 2.38 bits per heavy atom. The summed E-state index contributed by atoms with van der Waals surface area (Å²) in [5.74, 6) is 1.56. The van der Waals surface area contributed by atoms with E-state index in [-0.39, 0.29) is 0 Å². The molecule has 0 aliphatic rings. The predicted molar refractivity (Wildman–Crippen MR) is 56.5 cm³/mol. The van der Waals surface area contributed by atoms with E-state index in [0.29, 0.717) is 30.0 Å². The van der Waals surface area contributed by atoms with E-state index in [1.165, 1.54) is 6.33 Å². The van der Waals surface area contributed by atoms with Gasteiger partial charge < -0.3 is 9.84 Å². The lowest BCUT2D eigenvalue weighted by atomic mass is 10.3.